The zero-order valence-corrected chi connectivity index (χ0v) is 12.2. The number of urea groups is 1. The summed E-state index contributed by atoms with van der Waals surface area (Å²) in [6.07, 6.45) is 4.51. The van der Waals surface area contributed by atoms with Gasteiger partial charge in [-0.2, -0.15) is 0 Å². The Kier molecular flexibility index (Phi) is 5.93. The van der Waals surface area contributed by atoms with Crippen molar-refractivity contribution in [3.05, 3.63) is 0 Å². The van der Waals surface area contributed by atoms with Gasteiger partial charge in [0.2, 0.25) is 0 Å². The molecule has 0 aromatic rings. The van der Waals surface area contributed by atoms with Gasteiger partial charge < -0.3 is 15.4 Å². The highest BCUT2D eigenvalue weighted by Crippen LogP contribution is 2.24. The Labute approximate surface area is 111 Å². The number of amides is 2. The van der Waals surface area contributed by atoms with Crippen LogP contribution in [0.3, 0.4) is 0 Å². The maximum absolute atomic E-state index is 11.8. The van der Waals surface area contributed by atoms with Crippen LogP contribution in [0.4, 0.5) is 4.79 Å². The van der Waals surface area contributed by atoms with Crippen LogP contribution in [0.5, 0.6) is 0 Å². The molecule has 0 radical (unpaired) electrons. The number of rotatable bonds is 6. The summed E-state index contributed by atoms with van der Waals surface area (Å²) in [4.78, 5) is 11.8. The Balaban J connectivity index is 2.23. The van der Waals surface area contributed by atoms with E-state index in [-0.39, 0.29) is 11.4 Å². The van der Waals surface area contributed by atoms with Crippen LogP contribution in [0.1, 0.15) is 46.5 Å². The highest BCUT2D eigenvalue weighted by molar-refractivity contribution is 5.74. The van der Waals surface area contributed by atoms with E-state index in [2.05, 4.69) is 31.4 Å². The van der Waals surface area contributed by atoms with Crippen molar-refractivity contribution in [1.82, 2.24) is 10.6 Å². The lowest BCUT2D eigenvalue weighted by Gasteiger charge is -2.25. The molecule has 1 aliphatic rings. The molecule has 106 valence electrons. The van der Waals surface area contributed by atoms with Crippen molar-refractivity contribution in [2.45, 2.75) is 52.5 Å². The second kappa shape index (κ2) is 6.98. The molecule has 0 unspecified atom stereocenters. The van der Waals surface area contributed by atoms with Crippen LogP contribution in [0.2, 0.25) is 0 Å². The Morgan fingerprint density at radius 3 is 2.67 bits per heavy atom. The van der Waals surface area contributed by atoms with E-state index in [1.165, 1.54) is 12.8 Å². The molecule has 1 fully saturated rings. The van der Waals surface area contributed by atoms with Gasteiger partial charge in [-0.15, -0.1) is 0 Å². The van der Waals surface area contributed by atoms with Gasteiger partial charge in [-0.05, 0) is 30.6 Å². The third-order valence-electron chi connectivity index (χ3n) is 3.89. The predicted octanol–water partition coefficient (Wildman–Crippen LogP) is 2.54. The first-order valence-corrected chi connectivity index (χ1v) is 6.98. The molecule has 1 aliphatic carbocycles. The molecule has 1 saturated carbocycles. The Morgan fingerprint density at radius 2 is 2.11 bits per heavy atom. The molecule has 2 atom stereocenters. The number of carbonyl (C=O) groups is 1. The minimum absolute atomic E-state index is 0.0285. The smallest absolute Gasteiger partial charge is 0.315 e. The molecule has 0 heterocycles. The highest BCUT2D eigenvalue weighted by atomic mass is 16.5. The molecule has 0 aromatic heterocycles. The first-order chi connectivity index (χ1) is 8.44. The van der Waals surface area contributed by atoms with Gasteiger partial charge in [0.15, 0.2) is 0 Å². The van der Waals surface area contributed by atoms with E-state index in [9.17, 15) is 4.79 Å². The average Bonchev–Trinajstić information content (AvgIpc) is 2.70. The van der Waals surface area contributed by atoms with Gasteiger partial charge in [0.1, 0.15) is 0 Å². The van der Waals surface area contributed by atoms with E-state index in [4.69, 9.17) is 4.74 Å². The van der Waals surface area contributed by atoms with E-state index in [1.807, 2.05) is 0 Å². The fourth-order valence-corrected chi connectivity index (χ4v) is 2.37. The Hall–Kier alpha value is -0.770. The van der Waals surface area contributed by atoms with Crippen LogP contribution in [-0.2, 0) is 4.74 Å². The van der Waals surface area contributed by atoms with Gasteiger partial charge >= 0.3 is 6.03 Å². The molecule has 0 saturated heterocycles. The number of hydrogen-bond donors (Lipinski definition) is 2. The summed E-state index contributed by atoms with van der Waals surface area (Å²) < 4.78 is 5.08. The lowest BCUT2D eigenvalue weighted by Crippen LogP contribution is -2.46. The number of ether oxygens (including phenoxy) is 1. The molecule has 0 aromatic carbocycles. The first-order valence-electron chi connectivity index (χ1n) is 6.98. The number of methoxy groups -OCH3 is 1. The molecule has 0 spiro atoms. The molecule has 2 amide bonds. The zero-order valence-electron chi connectivity index (χ0n) is 12.2. The van der Waals surface area contributed by atoms with Gasteiger partial charge in [-0.3, -0.25) is 0 Å². The quantitative estimate of drug-likeness (QED) is 0.767. The second-order valence-corrected chi connectivity index (χ2v) is 6.25. The molecule has 0 bridgehead atoms. The van der Waals surface area contributed by atoms with Crippen LogP contribution < -0.4 is 10.6 Å². The highest BCUT2D eigenvalue weighted by Gasteiger charge is 2.25. The van der Waals surface area contributed by atoms with E-state index < -0.39 is 0 Å². The van der Waals surface area contributed by atoms with Crippen molar-refractivity contribution >= 4 is 6.03 Å². The van der Waals surface area contributed by atoms with Crippen LogP contribution in [0.25, 0.3) is 0 Å². The zero-order chi connectivity index (χ0) is 13.6. The summed E-state index contributed by atoms with van der Waals surface area (Å²) >= 11 is 0. The normalized spacial score (nSPS) is 24.0. The molecular weight excluding hydrogens is 228 g/mol. The molecule has 18 heavy (non-hydrogen) atoms. The monoisotopic (exact) mass is 256 g/mol. The average molecular weight is 256 g/mol. The second-order valence-electron chi connectivity index (χ2n) is 6.25. The topological polar surface area (TPSA) is 50.4 Å². The SMILES string of the molecule is COCCC(C)(C)CNC(=O)N[C@H]1CCC[C@@H]1C. The van der Waals surface area contributed by atoms with E-state index >= 15 is 0 Å². The third-order valence-corrected chi connectivity index (χ3v) is 3.89. The van der Waals surface area contributed by atoms with Crippen LogP contribution in [-0.4, -0.2) is 32.3 Å². The van der Waals surface area contributed by atoms with E-state index in [0.717, 1.165) is 19.4 Å². The predicted molar refractivity (Wildman–Crippen MR) is 73.6 cm³/mol. The standard InChI is InChI=1S/C14H28N2O2/c1-11-6-5-7-12(11)16-13(17)15-10-14(2,3)8-9-18-4/h11-12H,5-10H2,1-4H3,(H2,15,16,17)/t11-,12-/m0/s1. The summed E-state index contributed by atoms with van der Waals surface area (Å²) in [5, 5.41) is 6.05. The maximum atomic E-state index is 11.8. The summed E-state index contributed by atoms with van der Waals surface area (Å²) in [7, 11) is 1.71. The van der Waals surface area contributed by atoms with Gasteiger partial charge in [0.25, 0.3) is 0 Å². The van der Waals surface area contributed by atoms with Gasteiger partial charge in [-0.25, -0.2) is 4.79 Å². The number of carbonyl (C=O) groups excluding carboxylic acids is 1. The van der Waals surface area contributed by atoms with Crippen molar-refractivity contribution in [3.8, 4) is 0 Å². The molecule has 0 aliphatic heterocycles. The molecular formula is C14H28N2O2. The van der Waals surface area contributed by atoms with Crippen LogP contribution >= 0.6 is 0 Å². The maximum Gasteiger partial charge on any atom is 0.315 e. The minimum atomic E-state index is -0.0285. The summed E-state index contributed by atoms with van der Waals surface area (Å²) in [5.41, 5.74) is 0.0780. The van der Waals surface area contributed by atoms with Crippen molar-refractivity contribution < 1.29 is 9.53 Å². The lowest BCUT2D eigenvalue weighted by molar-refractivity contribution is 0.150. The largest absolute Gasteiger partial charge is 0.385 e. The van der Waals surface area contributed by atoms with Crippen molar-refractivity contribution in [2.24, 2.45) is 11.3 Å². The number of nitrogens with one attached hydrogen (secondary N) is 2. The summed E-state index contributed by atoms with van der Waals surface area (Å²) in [6.45, 7) is 7.91. The number of hydrogen-bond acceptors (Lipinski definition) is 2. The summed E-state index contributed by atoms with van der Waals surface area (Å²) in [5.74, 6) is 0.609. The minimum Gasteiger partial charge on any atom is -0.385 e. The van der Waals surface area contributed by atoms with Crippen molar-refractivity contribution in [1.29, 1.82) is 0 Å². The van der Waals surface area contributed by atoms with Crippen LogP contribution in [0, 0.1) is 11.3 Å². The Morgan fingerprint density at radius 1 is 1.39 bits per heavy atom. The first kappa shape index (κ1) is 15.3. The fourth-order valence-electron chi connectivity index (χ4n) is 2.37. The van der Waals surface area contributed by atoms with Gasteiger partial charge in [0, 0.05) is 26.3 Å². The lowest BCUT2D eigenvalue weighted by atomic mass is 9.90. The van der Waals surface area contributed by atoms with Crippen molar-refractivity contribution in [3.63, 3.8) is 0 Å². The summed E-state index contributed by atoms with van der Waals surface area (Å²) in [6, 6.07) is 0.325. The molecule has 4 heteroatoms. The third kappa shape index (κ3) is 5.25. The van der Waals surface area contributed by atoms with Gasteiger partial charge in [-0.1, -0.05) is 27.2 Å². The van der Waals surface area contributed by atoms with E-state index in [1.54, 1.807) is 7.11 Å². The fraction of sp³-hybridized carbons (Fsp3) is 0.929. The van der Waals surface area contributed by atoms with Gasteiger partial charge in [0.05, 0.1) is 0 Å². The molecule has 2 N–H and O–H groups in total. The van der Waals surface area contributed by atoms with E-state index in [0.29, 0.717) is 18.5 Å². The Bertz CT molecular complexity index is 267. The molecule has 4 nitrogen and oxygen atoms in total. The van der Waals surface area contributed by atoms with Crippen LogP contribution in [0.15, 0.2) is 0 Å². The molecule has 1 rings (SSSR count). The van der Waals surface area contributed by atoms with Crippen molar-refractivity contribution in [2.75, 3.05) is 20.3 Å².